The molecule has 4 heteroatoms. The second-order valence-electron chi connectivity index (χ2n) is 3.11. The number of hydrogen-bond acceptors (Lipinski definition) is 3. The highest BCUT2D eigenvalue weighted by Gasteiger charge is 2.05. The monoisotopic (exact) mass is 239 g/mol. The van der Waals surface area contributed by atoms with Gasteiger partial charge < -0.3 is 4.74 Å². The molecular formula is C12H14ClNO2. The zero-order valence-corrected chi connectivity index (χ0v) is 10.1. The van der Waals surface area contributed by atoms with Gasteiger partial charge >= 0.3 is 5.97 Å². The molecule has 0 bridgehead atoms. The van der Waals surface area contributed by atoms with Crippen LogP contribution in [0.3, 0.4) is 0 Å². The summed E-state index contributed by atoms with van der Waals surface area (Å²) in [5, 5.41) is 0.545. The van der Waals surface area contributed by atoms with Crippen molar-refractivity contribution in [2.75, 3.05) is 6.61 Å². The lowest BCUT2D eigenvalue weighted by atomic mass is 10.2. The Hall–Kier alpha value is -1.35. The molecule has 1 rings (SSSR count). The van der Waals surface area contributed by atoms with Crippen molar-refractivity contribution in [3.8, 4) is 0 Å². The van der Waals surface area contributed by atoms with Gasteiger partial charge in [0.1, 0.15) is 5.17 Å². The predicted molar refractivity (Wildman–Crippen MR) is 65.6 cm³/mol. The van der Waals surface area contributed by atoms with Crippen molar-refractivity contribution in [2.24, 2.45) is 4.99 Å². The maximum Gasteiger partial charge on any atom is 0.338 e. The molecule has 0 amide bonds. The second kappa shape index (κ2) is 6.28. The molecule has 0 aromatic heterocycles. The Labute approximate surface area is 100 Å². The Morgan fingerprint density at radius 1 is 1.31 bits per heavy atom. The third-order valence-electron chi connectivity index (χ3n) is 1.92. The topological polar surface area (TPSA) is 38.7 Å². The SMILES string of the molecule is CCOC(=O)c1ccc(/N=C(\Cl)CC)cc1. The molecule has 0 fully saturated rings. The van der Waals surface area contributed by atoms with E-state index < -0.39 is 0 Å². The number of aliphatic imine (C=N–C) groups is 1. The first-order chi connectivity index (χ1) is 7.67. The van der Waals surface area contributed by atoms with Gasteiger partial charge in [-0.25, -0.2) is 9.79 Å². The van der Waals surface area contributed by atoms with Crippen molar-refractivity contribution in [3.63, 3.8) is 0 Å². The van der Waals surface area contributed by atoms with Crippen molar-refractivity contribution in [2.45, 2.75) is 20.3 Å². The zero-order chi connectivity index (χ0) is 12.0. The van der Waals surface area contributed by atoms with Crippen LogP contribution in [-0.2, 0) is 4.74 Å². The van der Waals surface area contributed by atoms with Crippen molar-refractivity contribution >= 4 is 28.4 Å². The van der Waals surface area contributed by atoms with E-state index in [-0.39, 0.29) is 5.97 Å². The van der Waals surface area contributed by atoms with E-state index >= 15 is 0 Å². The summed E-state index contributed by atoms with van der Waals surface area (Å²) in [6.07, 6.45) is 0.696. The average molecular weight is 240 g/mol. The fraction of sp³-hybridized carbons (Fsp3) is 0.333. The van der Waals surface area contributed by atoms with Gasteiger partial charge in [-0.3, -0.25) is 0 Å². The van der Waals surface area contributed by atoms with Crippen molar-refractivity contribution in [1.29, 1.82) is 0 Å². The Morgan fingerprint density at radius 3 is 2.44 bits per heavy atom. The van der Waals surface area contributed by atoms with Gasteiger partial charge in [0.2, 0.25) is 0 Å². The molecule has 0 N–H and O–H groups in total. The summed E-state index contributed by atoms with van der Waals surface area (Å²) in [4.78, 5) is 15.5. The van der Waals surface area contributed by atoms with Crippen molar-refractivity contribution < 1.29 is 9.53 Å². The molecule has 0 atom stereocenters. The van der Waals surface area contributed by atoms with Crippen LogP contribution >= 0.6 is 11.6 Å². The number of esters is 1. The molecule has 0 unspecified atom stereocenters. The highest BCUT2D eigenvalue weighted by Crippen LogP contribution is 2.15. The molecule has 0 aliphatic carbocycles. The Bertz CT molecular complexity index is 385. The van der Waals surface area contributed by atoms with Crippen LogP contribution in [0.2, 0.25) is 0 Å². The van der Waals surface area contributed by atoms with E-state index in [1.807, 2.05) is 6.92 Å². The Morgan fingerprint density at radius 2 is 1.94 bits per heavy atom. The van der Waals surface area contributed by atoms with E-state index in [0.29, 0.717) is 23.8 Å². The lowest BCUT2D eigenvalue weighted by molar-refractivity contribution is 0.0526. The average Bonchev–Trinajstić information content (AvgIpc) is 2.30. The minimum absolute atomic E-state index is 0.320. The van der Waals surface area contributed by atoms with Crippen LogP contribution in [0.25, 0.3) is 0 Å². The third-order valence-corrected chi connectivity index (χ3v) is 2.27. The number of halogens is 1. The molecule has 0 aliphatic heterocycles. The first kappa shape index (κ1) is 12.7. The van der Waals surface area contributed by atoms with Crippen molar-refractivity contribution in [3.05, 3.63) is 29.8 Å². The number of carbonyl (C=O) groups excluding carboxylic acids is 1. The smallest absolute Gasteiger partial charge is 0.338 e. The number of hydrogen-bond donors (Lipinski definition) is 0. The fourth-order valence-corrected chi connectivity index (χ4v) is 1.20. The summed E-state index contributed by atoms with van der Waals surface area (Å²) in [7, 11) is 0. The molecule has 86 valence electrons. The molecule has 0 heterocycles. The van der Waals surface area contributed by atoms with Gasteiger partial charge in [0.25, 0.3) is 0 Å². The minimum atomic E-state index is -0.320. The lowest BCUT2D eigenvalue weighted by Gasteiger charge is -2.01. The molecule has 3 nitrogen and oxygen atoms in total. The van der Waals surface area contributed by atoms with E-state index in [2.05, 4.69) is 4.99 Å². The molecule has 0 saturated heterocycles. The summed E-state index contributed by atoms with van der Waals surface area (Å²) in [5.41, 5.74) is 1.26. The van der Waals surface area contributed by atoms with Crippen LogP contribution in [0.5, 0.6) is 0 Å². The molecule has 0 aliphatic rings. The number of ether oxygens (including phenoxy) is 1. The summed E-state index contributed by atoms with van der Waals surface area (Å²) in [6.45, 7) is 4.08. The first-order valence-corrected chi connectivity index (χ1v) is 5.55. The summed E-state index contributed by atoms with van der Waals surface area (Å²) < 4.78 is 4.87. The van der Waals surface area contributed by atoms with E-state index in [1.54, 1.807) is 31.2 Å². The lowest BCUT2D eigenvalue weighted by Crippen LogP contribution is -2.03. The second-order valence-corrected chi connectivity index (χ2v) is 3.55. The summed E-state index contributed by atoms with van der Waals surface area (Å²) in [6, 6.07) is 6.84. The van der Waals surface area contributed by atoms with Gasteiger partial charge in [0, 0.05) is 0 Å². The highest BCUT2D eigenvalue weighted by atomic mass is 35.5. The Balaban J connectivity index is 2.79. The van der Waals surface area contributed by atoms with Crippen LogP contribution in [0.15, 0.2) is 29.3 Å². The van der Waals surface area contributed by atoms with Crippen LogP contribution in [0.4, 0.5) is 5.69 Å². The largest absolute Gasteiger partial charge is 0.462 e. The molecule has 0 spiro atoms. The van der Waals surface area contributed by atoms with E-state index in [0.717, 1.165) is 5.69 Å². The van der Waals surface area contributed by atoms with Gasteiger partial charge in [-0.1, -0.05) is 18.5 Å². The molecule has 1 aromatic carbocycles. The summed E-state index contributed by atoms with van der Waals surface area (Å²) in [5.74, 6) is -0.320. The van der Waals surface area contributed by atoms with Crippen molar-refractivity contribution in [1.82, 2.24) is 0 Å². The van der Waals surface area contributed by atoms with E-state index in [9.17, 15) is 4.79 Å². The van der Waals surface area contributed by atoms with E-state index in [1.165, 1.54) is 0 Å². The number of nitrogens with zero attached hydrogens (tertiary/aromatic N) is 1. The van der Waals surface area contributed by atoms with Gasteiger partial charge in [0.15, 0.2) is 0 Å². The van der Waals surface area contributed by atoms with E-state index in [4.69, 9.17) is 16.3 Å². The number of benzene rings is 1. The standard InChI is InChI=1S/C12H14ClNO2/c1-3-11(13)14-10-7-5-9(6-8-10)12(15)16-4-2/h5-8H,3-4H2,1-2H3/b14-11-. The fourth-order valence-electron chi connectivity index (χ4n) is 1.11. The highest BCUT2D eigenvalue weighted by molar-refractivity contribution is 6.65. The minimum Gasteiger partial charge on any atom is -0.462 e. The zero-order valence-electron chi connectivity index (χ0n) is 9.37. The normalized spacial score (nSPS) is 11.3. The number of rotatable bonds is 4. The summed E-state index contributed by atoms with van der Waals surface area (Å²) >= 11 is 5.81. The van der Waals surface area contributed by atoms with Gasteiger partial charge in [-0.2, -0.15) is 0 Å². The maximum atomic E-state index is 11.4. The van der Waals surface area contributed by atoms with Gasteiger partial charge in [-0.15, -0.1) is 0 Å². The molecule has 16 heavy (non-hydrogen) atoms. The van der Waals surface area contributed by atoms with Gasteiger partial charge in [0.05, 0.1) is 17.9 Å². The predicted octanol–water partition coefficient (Wildman–Crippen LogP) is 3.54. The first-order valence-electron chi connectivity index (χ1n) is 5.17. The molecular weight excluding hydrogens is 226 g/mol. The molecule has 1 aromatic rings. The van der Waals surface area contributed by atoms with Crippen LogP contribution in [-0.4, -0.2) is 17.7 Å². The van der Waals surface area contributed by atoms with Gasteiger partial charge in [-0.05, 0) is 37.6 Å². The Kier molecular flexibility index (Phi) is 4.99. The maximum absolute atomic E-state index is 11.4. The molecule has 0 saturated carbocycles. The third kappa shape index (κ3) is 3.66. The molecule has 0 radical (unpaired) electrons. The van der Waals surface area contributed by atoms with Crippen LogP contribution in [0.1, 0.15) is 30.6 Å². The van der Waals surface area contributed by atoms with Crippen LogP contribution < -0.4 is 0 Å². The van der Waals surface area contributed by atoms with Crippen LogP contribution in [0, 0.1) is 0 Å². The quantitative estimate of drug-likeness (QED) is 0.595. The number of carbonyl (C=O) groups is 1.